The zero-order valence-corrected chi connectivity index (χ0v) is 15.7. The van der Waals surface area contributed by atoms with Crippen LogP contribution in [0, 0.1) is 0 Å². The minimum absolute atomic E-state index is 0.0650. The Bertz CT molecular complexity index is 1000. The van der Waals surface area contributed by atoms with Crippen LogP contribution in [-0.2, 0) is 11.3 Å². The number of carbonyl (C=O) groups is 1. The van der Waals surface area contributed by atoms with Gasteiger partial charge in [0.1, 0.15) is 12.4 Å². The first-order chi connectivity index (χ1) is 13.0. The predicted octanol–water partition coefficient (Wildman–Crippen LogP) is 2.98. The number of aromatic nitrogens is 2. The molecule has 1 amide bonds. The van der Waals surface area contributed by atoms with E-state index in [4.69, 9.17) is 16.3 Å². The lowest BCUT2D eigenvalue weighted by molar-refractivity contribution is -0.130. The fourth-order valence-corrected chi connectivity index (χ4v) is 2.83. The average Bonchev–Trinajstić information content (AvgIpc) is 2.67. The molecular weight excluding hydrogens is 366 g/mol. The van der Waals surface area contributed by atoms with Crippen molar-refractivity contribution in [2.24, 2.45) is 0 Å². The molecule has 6 nitrogen and oxygen atoms in total. The highest BCUT2D eigenvalue weighted by Gasteiger charge is 2.10. The summed E-state index contributed by atoms with van der Waals surface area (Å²) in [4.78, 5) is 30.6. The molecule has 0 fully saturated rings. The minimum atomic E-state index is -0.139. The maximum atomic E-state index is 12.4. The van der Waals surface area contributed by atoms with Gasteiger partial charge in [-0.3, -0.25) is 14.2 Å². The highest BCUT2D eigenvalue weighted by molar-refractivity contribution is 6.30. The van der Waals surface area contributed by atoms with Gasteiger partial charge in [-0.05, 0) is 30.3 Å². The maximum Gasteiger partial charge on any atom is 0.261 e. The number of amides is 1. The van der Waals surface area contributed by atoms with Crippen molar-refractivity contribution < 1.29 is 9.53 Å². The highest BCUT2D eigenvalue weighted by Crippen LogP contribution is 2.16. The summed E-state index contributed by atoms with van der Waals surface area (Å²) in [6, 6.07) is 14.3. The van der Waals surface area contributed by atoms with Crippen molar-refractivity contribution >= 4 is 28.4 Å². The second-order valence-corrected chi connectivity index (χ2v) is 6.57. The van der Waals surface area contributed by atoms with Gasteiger partial charge >= 0.3 is 0 Å². The van der Waals surface area contributed by atoms with E-state index < -0.39 is 0 Å². The number of fused-ring (bicyclic) bond motifs is 1. The number of hydrogen-bond acceptors (Lipinski definition) is 4. The molecule has 0 unspecified atom stereocenters. The molecule has 0 bridgehead atoms. The van der Waals surface area contributed by atoms with E-state index in [1.165, 1.54) is 10.9 Å². The van der Waals surface area contributed by atoms with Gasteiger partial charge in [0.2, 0.25) is 5.91 Å². The van der Waals surface area contributed by atoms with Crippen LogP contribution in [0.3, 0.4) is 0 Å². The van der Waals surface area contributed by atoms with Gasteiger partial charge in [-0.2, -0.15) is 0 Å². The number of para-hydroxylation sites is 1. The summed E-state index contributed by atoms with van der Waals surface area (Å²) in [5.74, 6) is 0.599. The van der Waals surface area contributed by atoms with Crippen molar-refractivity contribution in [1.82, 2.24) is 14.5 Å². The van der Waals surface area contributed by atoms with Gasteiger partial charge < -0.3 is 9.64 Å². The van der Waals surface area contributed by atoms with E-state index >= 15 is 0 Å². The zero-order valence-electron chi connectivity index (χ0n) is 15.0. The molecule has 3 aromatic rings. The summed E-state index contributed by atoms with van der Waals surface area (Å²) >= 11 is 5.91. The Morgan fingerprint density at radius 1 is 1.22 bits per heavy atom. The Balaban J connectivity index is 1.51. The van der Waals surface area contributed by atoms with Crippen LogP contribution in [0.2, 0.25) is 5.02 Å². The standard InChI is InChI=1S/C20H20ClN3O3/c1-23(11-12-27-16-6-4-5-15(21)13-16)19(25)9-10-24-14-22-18-8-3-2-7-17(18)20(24)26/h2-8,13-14H,9-12H2,1H3. The summed E-state index contributed by atoms with van der Waals surface area (Å²) in [6.45, 7) is 1.09. The topological polar surface area (TPSA) is 64.4 Å². The summed E-state index contributed by atoms with van der Waals surface area (Å²) in [5, 5.41) is 1.15. The monoisotopic (exact) mass is 385 g/mol. The maximum absolute atomic E-state index is 12.4. The Morgan fingerprint density at radius 2 is 2.04 bits per heavy atom. The largest absolute Gasteiger partial charge is 0.492 e. The number of ether oxygens (including phenoxy) is 1. The smallest absolute Gasteiger partial charge is 0.261 e. The van der Waals surface area contributed by atoms with Crippen LogP contribution in [0.25, 0.3) is 10.9 Å². The number of carbonyl (C=O) groups excluding carboxylic acids is 1. The molecule has 0 atom stereocenters. The molecule has 3 rings (SSSR count). The lowest BCUT2D eigenvalue weighted by Gasteiger charge is -2.18. The van der Waals surface area contributed by atoms with E-state index in [9.17, 15) is 9.59 Å². The normalized spacial score (nSPS) is 10.7. The number of likely N-dealkylation sites (N-methyl/N-ethyl adjacent to an activating group) is 1. The lowest BCUT2D eigenvalue weighted by Crippen LogP contribution is -2.32. The first kappa shape index (κ1) is 18.9. The molecule has 2 aromatic carbocycles. The van der Waals surface area contributed by atoms with Crippen LogP contribution >= 0.6 is 11.6 Å². The second-order valence-electron chi connectivity index (χ2n) is 6.13. The van der Waals surface area contributed by atoms with Gasteiger partial charge in [0.05, 0.1) is 23.8 Å². The molecule has 0 saturated carbocycles. The van der Waals surface area contributed by atoms with Crippen LogP contribution in [-0.4, -0.2) is 40.6 Å². The fraction of sp³-hybridized carbons (Fsp3) is 0.250. The zero-order chi connectivity index (χ0) is 19.2. The number of nitrogens with zero attached hydrogens (tertiary/aromatic N) is 3. The number of aryl methyl sites for hydroxylation is 1. The van der Waals surface area contributed by atoms with Gasteiger partial charge in [-0.15, -0.1) is 0 Å². The van der Waals surface area contributed by atoms with Gasteiger partial charge in [-0.25, -0.2) is 4.98 Å². The number of rotatable bonds is 7. The van der Waals surface area contributed by atoms with E-state index in [1.807, 2.05) is 18.2 Å². The van der Waals surface area contributed by atoms with Crippen molar-refractivity contribution in [3.63, 3.8) is 0 Å². The Hall–Kier alpha value is -2.86. The van der Waals surface area contributed by atoms with E-state index in [2.05, 4.69) is 4.98 Å². The molecule has 1 aromatic heterocycles. The molecule has 0 N–H and O–H groups in total. The molecule has 0 aliphatic rings. The quantitative estimate of drug-likeness (QED) is 0.627. The van der Waals surface area contributed by atoms with Crippen LogP contribution in [0.5, 0.6) is 5.75 Å². The molecule has 0 radical (unpaired) electrons. The van der Waals surface area contributed by atoms with Crippen molar-refractivity contribution in [3.05, 3.63) is 70.2 Å². The molecule has 0 aliphatic heterocycles. The summed E-state index contributed by atoms with van der Waals surface area (Å²) in [7, 11) is 1.71. The van der Waals surface area contributed by atoms with Crippen LogP contribution in [0.15, 0.2) is 59.7 Å². The van der Waals surface area contributed by atoms with Crippen molar-refractivity contribution in [2.75, 3.05) is 20.2 Å². The third-order valence-corrected chi connectivity index (χ3v) is 4.45. The van der Waals surface area contributed by atoms with Crippen LogP contribution in [0.4, 0.5) is 0 Å². The molecule has 0 saturated heterocycles. The van der Waals surface area contributed by atoms with E-state index in [1.54, 1.807) is 42.3 Å². The summed E-state index contributed by atoms with van der Waals surface area (Å²) in [6.07, 6.45) is 1.70. The Kier molecular flexibility index (Phi) is 6.08. The average molecular weight is 386 g/mol. The minimum Gasteiger partial charge on any atom is -0.492 e. The molecule has 0 aliphatic carbocycles. The van der Waals surface area contributed by atoms with Crippen molar-refractivity contribution in [2.45, 2.75) is 13.0 Å². The van der Waals surface area contributed by atoms with E-state index in [-0.39, 0.29) is 24.4 Å². The number of benzene rings is 2. The second kappa shape index (κ2) is 8.68. The van der Waals surface area contributed by atoms with Gasteiger partial charge in [0, 0.05) is 25.0 Å². The van der Waals surface area contributed by atoms with E-state index in [0.717, 1.165) is 0 Å². The van der Waals surface area contributed by atoms with Crippen molar-refractivity contribution in [1.29, 1.82) is 0 Å². The third-order valence-electron chi connectivity index (χ3n) is 4.22. The summed E-state index contributed by atoms with van der Waals surface area (Å²) in [5.41, 5.74) is 0.515. The molecule has 27 heavy (non-hydrogen) atoms. The first-order valence-electron chi connectivity index (χ1n) is 8.61. The van der Waals surface area contributed by atoms with Crippen molar-refractivity contribution in [3.8, 4) is 5.75 Å². The number of halogens is 1. The molecule has 140 valence electrons. The fourth-order valence-electron chi connectivity index (χ4n) is 2.65. The SMILES string of the molecule is CN(CCOc1cccc(Cl)c1)C(=O)CCn1cnc2ccccc2c1=O. The highest BCUT2D eigenvalue weighted by atomic mass is 35.5. The van der Waals surface area contributed by atoms with Crippen LogP contribution < -0.4 is 10.3 Å². The lowest BCUT2D eigenvalue weighted by atomic mass is 10.2. The Labute approximate surface area is 162 Å². The number of hydrogen-bond donors (Lipinski definition) is 0. The molecule has 1 heterocycles. The Morgan fingerprint density at radius 3 is 2.85 bits per heavy atom. The third kappa shape index (κ3) is 4.86. The molecule has 0 spiro atoms. The molecular formula is C20H20ClN3O3. The van der Waals surface area contributed by atoms with E-state index in [0.29, 0.717) is 34.8 Å². The van der Waals surface area contributed by atoms with Gasteiger partial charge in [0.15, 0.2) is 0 Å². The van der Waals surface area contributed by atoms with Gasteiger partial charge in [0.25, 0.3) is 5.56 Å². The summed E-state index contributed by atoms with van der Waals surface area (Å²) < 4.78 is 7.06. The molecule has 7 heteroatoms. The predicted molar refractivity (Wildman–Crippen MR) is 105 cm³/mol. The first-order valence-corrected chi connectivity index (χ1v) is 8.99. The van der Waals surface area contributed by atoms with Gasteiger partial charge in [-0.1, -0.05) is 29.8 Å². The van der Waals surface area contributed by atoms with Crippen LogP contribution in [0.1, 0.15) is 6.42 Å².